The zero-order chi connectivity index (χ0) is 26.8. The molecule has 0 spiro atoms. The molecule has 9 heteroatoms. The summed E-state index contributed by atoms with van der Waals surface area (Å²) < 4.78 is 6.84. The van der Waals surface area contributed by atoms with E-state index in [4.69, 9.17) is 10.00 Å². The topological polar surface area (TPSA) is 117 Å². The fraction of sp³-hybridized carbons (Fsp3) is 0.138. The number of hydrogen-bond donors (Lipinski definition) is 1. The highest BCUT2D eigenvalue weighted by Crippen LogP contribution is 2.29. The minimum atomic E-state index is -0.498. The maximum Gasteiger partial charge on any atom is 0.277 e. The van der Waals surface area contributed by atoms with E-state index in [1.54, 1.807) is 77.7 Å². The molecule has 0 fully saturated rings. The molecule has 1 aliphatic rings. The molecule has 0 bridgehead atoms. The van der Waals surface area contributed by atoms with Gasteiger partial charge >= 0.3 is 0 Å². The highest BCUT2D eigenvalue weighted by atomic mass is 16.5. The first-order valence-corrected chi connectivity index (χ1v) is 11.9. The van der Waals surface area contributed by atoms with Crippen LogP contribution in [0.25, 0.3) is 0 Å². The number of carbonyl (C=O) groups is 3. The number of fused-ring (bicyclic) bond motifs is 1. The van der Waals surface area contributed by atoms with Crippen LogP contribution in [0.4, 0.5) is 11.4 Å². The zero-order valence-electron chi connectivity index (χ0n) is 20.7. The van der Waals surface area contributed by atoms with Crippen LogP contribution in [0.3, 0.4) is 0 Å². The maximum atomic E-state index is 13.6. The summed E-state index contributed by atoms with van der Waals surface area (Å²) in [5, 5.41) is 16.1. The summed E-state index contributed by atoms with van der Waals surface area (Å²) >= 11 is 0. The summed E-state index contributed by atoms with van der Waals surface area (Å²) in [6.07, 6.45) is 1.38. The van der Waals surface area contributed by atoms with Crippen molar-refractivity contribution in [3.8, 4) is 11.8 Å². The van der Waals surface area contributed by atoms with E-state index in [9.17, 15) is 14.4 Å². The predicted octanol–water partition coefficient (Wildman–Crippen LogP) is 4.30. The van der Waals surface area contributed by atoms with E-state index in [1.165, 1.54) is 18.0 Å². The standard InChI is InChI=1S/C29H23N5O4/c1-18-17-33-26(24(16-31-33)28(36)32-21-7-5-6-19(14-21)15-30)29(37)34(18)22-12-10-20(11-13-22)27(35)23-8-3-4-9-25(23)38-2/h3-14,16,18H,17H2,1-2H3,(H,32,36). The van der Waals surface area contributed by atoms with Crippen LogP contribution < -0.4 is 15.0 Å². The van der Waals surface area contributed by atoms with E-state index in [-0.39, 0.29) is 29.0 Å². The lowest BCUT2D eigenvalue weighted by molar-refractivity contribution is 0.0933. The summed E-state index contributed by atoms with van der Waals surface area (Å²) in [7, 11) is 1.52. The second-order valence-electron chi connectivity index (χ2n) is 8.84. The van der Waals surface area contributed by atoms with E-state index >= 15 is 0 Å². The Morgan fingerprint density at radius 2 is 1.82 bits per heavy atom. The molecule has 38 heavy (non-hydrogen) atoms. The van der Waals surface area contributed by atoms with Crippen LogP contribution in [0.2, 0.25) is 0 Å². The lowest BCUT2D eigenvalue weighted by Gasteiger charge is -2.34. The minimum Gasteiger partial charge on any atom is -0.496 e. The highest BCUT2D eigenvalue weighted by molar-refractivity contribution is 6.16. The Hall–Kier alpha value is -5.23. The van der Waals surface area contributed by atoms with Gasteiger partial charge < -0.3 is 15.0 Å². The van der Waals surface area contributed by atoms with Crippen molar-refractivity contribution in [3.63, 3.8) is 0 Å². The number of ether oxygens (including phenoxy) is 1. The molecule has 5 rings (SSSR count). The molecular weight excluding hydrogens is 482 g/mol. The molecule has 2 heterocycles. The number of nitrogens with zero attached hydrogens (tertiary/aromatic N) is 4. The van der Waals surface area contributed by atoms with Gasteiger partial charge in [0.1, 0.15) is 11.4 Å². The molecule has 1 atom stereocenters. The fourth-order valence-corrected chi connectivity index (χ4v) is 4.56. The van der Waals surface area contributed by atoms with Gasteiger partial charge in [0, 0.05) is 16.9 Å². The number of aromatic nitrogens is 2. The van der Waals surface area contributed by atoms with Crippen LogP contribution in [0.15, 0.2) is 79.0 Å². The summed E-state index contributed by atoms with van der Waals surface area (Å²) in [5.74, 6) is -0.577. The van der Waals surface area contributed by atoms with Crippen molar-refractivity contribution in [2.75, 3.05) is 17.3 Å². The van der Waals surface area contributed by atoms with Crippen LogP contribution in [-0.2, 0) is 6.54 Å². The molecule has 1 aliphatic heterocycles. The van der Waals surface area contributed by atoms with E-state index < -0.39 is 5.91 Å². The Morgan fingerprint density at radius 3 is 2.55 bits per heavy atom. The molecule has 188 valence electrons. The summed E-state index contributed by atoms with van der Waals surface area (Å²) in [4.78, 5) is 41.4. The number of para-hydroxylation sites is 1. The monoisotopic (exact) mass is 505 g/mol. The molecule has 0 radical (unpaired) electrons. The number of carbonyl (C=O) groups excluding carboxylic acids is 3. The molecule has 0 aliphatic carbocycles. The van der Waals surface area contributed by atoms with Gasteiger partial charge in [-0.3, -0.25) is 19.1 Å². The molecule has 1 unspecified atom stereocenters. The first kappa shape index (κ1) is 24.5. The number of benzene rings is 3. The number of amides is 2. The zero-order valence-corrected chi connectivity index (χ0v) is 20.7. The Kier molecular flexibility index (Phi) is 6.46. The molecule has 9 nitrogen and oxygen atoms in total. The highest BCUT2D eigenvalue weighted by Gasteiger charge is 2.36. The molecule has 1 aromatic heterocycles. The van der Waals surface area contributed by atoms with Gasteiger partial charge in [0.2, 0.25) is 0 Å². The second-order valence-corrected chi connectivity index (χ2v) is 8.84. The summed E-state index contributed by atoms with van der Waals surface area (Å²) in [6, 6.07) is 22.1. The average Bonchev–Trinajstić information content (AvgIpc) is 3.37. The quantitative estimate of drug-likeness (QED) is 0.391. The smallest absolute Gasteiger partial charge is 0.277 e. The van der Waals surface area contributed by atoms with Gasteiger partial charge in [-0.2, -0.15) is 10.4 Å². The third kappa shape index (κ3) is 4.40. The third-order valence-electron chi connectivity index (χ3n) is 6.39. The Balaban J connectivity index is 1.41. The third-order valence-corrected chi connectivity index (χ3v) is 6.39. The lowest BCUT2D eigenvalue weighted by atomic mass is 10.0. The Bertz CT molecular complexity index is 1600. The van der Waals surface area contributed by atoms with E-state index in [0.29, 0.717) is 40.4 Å². The first-order valence-electron chi connectivity index (χ1n) is 11.9. The molecule has 4 aromatic rings. The normalized spacial score (nSPS) is 14.4. The van der Waals surface area contributed by atoms with Crippen LogP contribution in [0.1, 0.15) is 49.3 Å². The van der Waals surface area contributed by atoms with Gasteiger partial charge in [0.25, 0.3) is 11.8 Å². The number of methoxy groups -OCH3 is 1. The van der Waals surface area contributed by atoms with Gasteiger partial charge in [0.15, 0.2) is 5.78 Å². The molecule has 1 N–H and O–H groups in total. The van der Waals surface area contributed by atoms with Crippen molar-refractivity contribution in [3.05, 3.63) is 107 Å². The van der Waals surface area contributed by atoms with E-state index in [0.717, 1.165) is 0 Å². The summed E-state index contributed by atoms with van der Waals surface area (Å²) in [6.45, 7) is 2.28. The number of hydrogen-bond acceptors (Lipinski definition) is 6. The van der Waals surface area contributed by atoms with Gasteiger partial charge in [-0.05, 0) is 61.5 Å². The molecular formula is C29H23N5O4. The Labute approximate surface area is 218 Å². The largest absolute Gasteiger partial charge is 0.496 e. The van der Waals surface area contributed by atoms with Crippen molar-refractivity contribution >= 4 is 29.0 Å². The van der Waals surface area contributed by atoms with Gasteiger partial charge in [0.05, 0.1) is 48.7 Å². The van der Waals surface area contributed by atoms with Crippen molar-refractivity contribution in [1.82, 2.24) is 9.78 Å². The number of ketones is 1. The minimum absolute atomic E-state index is 0.136. The summed E-state index contributed by atoms with van der Waals surface area (Å²) in [5.41, 5.74) is 2.66. The Morgan fingerprint density at radius 1 is 1.05 bits per heavy atom. The predicted molar refractivity (Wildman–Crippen MR) is 140 cm³/mol. The molecule has 3 aromatic carbocycles. The molecule has 2 amide bonds. The van der Waals surface area contributed by atoms with Crippen LogP contribution in [0.5, 0.6) is 5.75 Å². The number of rotatable bonds is 6. The number of anilines is 2. The van der Waals surface area contributed by atoms with Gasteiger partial charge in [-0.1, -0.05) is 18.2 Å². The van der Waals surface area contributed by atoms with Crippen LogP contribution in [0, 0.1) is 11.3 Å². The molecule has 0 saturated carbocycles. The van der Waals surface area contributed by atoms with Crippen LogP contribution >= 0.6 is 0 Å². The van der Waals surface area contributed by atoms with Gasteiger partial charge in [-0.15, -0.1) is 0 Å². The SMILES string of the molecule is COc1ccccc1C(=O)c1ccc(N2C(=O)c3c(C(=O)Nc4cccc(C#N)c4)cnn3CC2C)cc1. The van der Waals surface area contributed by atoms with Crippen molar-refractivity contribution < 1.29 is 19.1 Å². The number of nitriles is 1. The lowest BCUT2D eigenvalue weighted by Crippen LogP contribution is -2.47. The second kappa shape index (κ2) is 10.0. The first-order chi connectivity index (χ1) is 18.4. The van der Waals surface area contributed by atoms with Crippen molar-refractivity contribution in [1.29, 1.82) is 5.26 Å². The molecule has 0 saturated heterocycles. The fourth-order valence-electron chi connectivity index (χ4n) is 4.56. The van der Waals surface area contributed by atoms with E-state index in [2.05, 4.69) is 10.4 Å². The van der Waals surface area contributed by atoms with Crippen molar-refractivity contribution in [2.24, 2.45) is 0 Å². The van der Waals surface area contributed by atoms with Crippen LogP contribution in [-0.4, -0.2) is 40.5 Å². The van der Waals surface area contributed by atoms with E-state index in [1.807, 2.05) is 13.0 Å². The van der Waals surface area contributed by atoms with Gasteiger partial charge in [-0.25, -0.2) is 0 Å². The average molecular weight is 506 g/mol. The number of nitrogens with one attached hydrogen (secondary N) is 1. The maximum absolute atomic E-state index is 13.6. The van der Waals surface area contributed by atoms with Crippen molar-refractivity contribution in [2.45, 2.75) is 19.5 Å².